The van der Waals surface area contributed by atoms with Gasteiger partial charge < -0.3 is 29.9 Å². The largest absolute Gasteiger partial charge is 0.478 e. The summed E-state index contributed by atoms with van der Waals surface area (Å²) in [6.07, 6.45) is 4.55. The number of carboxylic acids is 1. The van der Waals surface area contributed by atoms with E-state index in [2.05, 4.69) is 25.7 Å². The van der Waals surface area contributed by atoms with Crippen molar-refractivity contribution in [3.05, 3.63) is 100 Å². The van der Waals surface area contributed by atoms with Crippen molar-refractivity contribution in [3.8, 4) is 5.69 Å². The first kappa shape index (κ1) is 32.2. The molecule has 2 aliphatic rings. The summed E-state index contributed by atoms with van der Waals surface area (Å²) >= 11 is 6.27. The number of rotatable bonds is 7. The summed E-state index contributed by atoms with van der Waals surface area (Å²) in [5.74, 6) is -1.94. The van der Waals surface area contributed by atoms with E-state index in [1.165, 1.54) is 53.4 Å². The van der Waals surface area contributed by atoms with Crippen LogP contribution in [0.3, 0.4) is 0 Å². The number of aromatic carboxylic acids is 1. The molecule has 2 aliphatic heterocycles. The average molecular weight is 671 g/mol. The van der Waals surface area contributed by atoms with Gasteiger partial charge in [-0.3, -0.25) is 9.59 Å². The van der Waals surface area contributed by atoms with Crippen molar-refractivity contribution in [2.24, 2.45) is 0 Å². The zero-order chi connectivity index (χ0) is 33.8. The molecule has 14 nitrogen and oxygen atoms in total. The van der Waals surface area contributed by atoms with E-state index >= 15 is 0 Å². The molecular formula is C33H31ClN8O6. The van der Waals surface area contributed by atoms with Gasteiger partial charge >= 0.3 is 12.1 Å². The molecule has 4 aromatic rings. The van der Waals surface area contributed by atoms with Crippen molar-refractivity contribution in [3.63, 3.8) is 0 Å². The Labute approximate surface area is 280 Å². The number of nitrogens with one attached hydrogen (secondary N) is 1. The standard InChI is InChI=1S/C33H31ClN8O6/c1-48-33(47)40-17-15-39(16-18-40)28-4-2-3-26-25(28)13-14-41(30(26)31(44)36-24-9-5-21(6-10-24)32(45)46)29(43)12-7-22-19-23(34)8-11-27(22)42-20-35-37-38-42/h2-12,19-20,30H,13-18H2,1H3,(H,36,44)(H,45,46)/b12-7+. The molecule has 0 bridgehead atoms. The second-order valence-electron chi connectivity index (χ2n) is 11.1. The number of anilines is 2. The van der Waals surface area contributed by atoms with Gasteiger partial charge in [0.15, 0.2) is 0 Å². The van der Waals surface area contributed by atoms with Crippen molar-refractivity contribution in [1.82, 2.24) is 30.0 Å². The minimum atomic E-state index is -1.08. The second kappa shape index (κ2) is 13.9. The van der Waals surface area contributed by atoms with Crippen LogP contribution in [0, 0.1) is 0 Å². The molecule has 0 spiro atoms. The lowest BCUT2D eigenvalue weighted by molar-refractivity contribution is -0.135. The van der Waals surface area contributed by atoms with E-state index in [4.69, 9.17) is 16.3 Å². The van der Waals surface area contributed by atoms with Gasteiger partial charge in [-0.2, -0.15) is 4.68 Å². The number of piperazine rings is 1. The van der Waals surface area contributed by atoms with E-state index in [1.54, 1.807) is 29.2 Å². The van der Waals surface area contributed by atoms with Crippen LogP contribution in [0.2, 0.25) is 5.02 Å². The molecular weight excluding hydrogens is 640 g/mol. The topological polar surface area (TPSA) is 163 Å². The van der Waals surface area contributed by atoms with Gasteiger partial charge in [0.05, 0.1) is 18.4 Å². The van der Waals surface area contributed by atoms with Gasteiger partial charge in [-0.15, -0.1) is 5.10 Å². The first-order valence-electron chi connectivity index (χ1n) is 15.1. The molecule has 0 radical (unpaired) electrons. The number of amides is 3. The van der Waals surface area contributed by atoms with Crippen LogP contribution >= 0.6 is 11.6 Å². The molecule has 246 valence electrons. The van der Waals surface area contributed by atoms with Crippen LogP contribution in [0.1, 0.15) is 33.1 Å². The van der Waals surface area contributed by atoms with Crippen LogP contribution in [0.5, 0.6) is 0 Å². The fourth-order valence-electron chi connectivity index (χ4n) is 6.03. The zero-order valence-electron chi connectivity index (χ0n) is 25.8. The lowest BCUT2D eigenvalue weighted by Crippen LogP contribution is -2.49. The van der Waals surface area contributed by atoms with E-state index in [1.807, 2.05) is 18.2 Å². The number of carbonyl (C=O) groups is 4. The molecule has 3 heterocycles. The number of halogens is 1. The Balaban J connectivity index is 1.32. The molecule has 0 saturated carbocycles. The third kappa shape index (κ3) is 6.69. The van der Waals surface area contributed by atoms with E-state index < -0.39 is 23.8 Å². The highest BCUT2D eigenvalue weighted by Crippen LogP contribution is 2.37. The second-order valence-corrected chi connectivity index (χ2v) is 11.6. The van der Waals surface area contributed by atoms with Crippen LogP contribution in [0.25, 0.3) is 11.8 Å². The van der Waals surface area contributed by atoms with Gasteiger partial charge in [0.25, 0.3) is 5.91 Å². The summed E-state index contributed by atoms with van der Waals surface area (Å²) < 4.78 is 6.33. The number of aromatic nitrogens is 4. The van der Waals surface area contributed by atoms with Gasteiger partial charge in [0.1, 0.15) is 12.4 Å². The number of benzene rings is 3. The Bertz CT molecular complexity index is 1870. The Kier molecular flexibility index (Phi) is 9.34. The fourth-order valence-corrected chi connectivity index (χ4v) is 6.21. The molecule has 3 aromatic carbocycles. The molecule has 3 amide bonds. The van der Waals surface area contributed by atoms with Gasteiger partial charge in [-0.05, 0) is 82.6 Å². The lowest BCUT2D eigenvalue weighted by Gasteiger charge is -2.40. The normalized spacial score (nSPS) is 16.0. The predicted molar refractivity (Wildman–Crippen MR) is 176 cm³/mol. The summed E-state index contributed by atoms with van der Waals surface area (Å²) in [4.78, 5) is 56.7. The third-order valence-corrected chi connectivity index (χ3v) is 8.61. The smallest absolute Gasteiger partial charge is 0.409 e. The van der Waals surface area contributed by atoms with Crippen molar-refractivity contribution in [2.75, 3.05) is 50.1 Å². The maximum absolute atomic E-state index is 14.1. The van der Waals surface area contributed by atoms with Gasteiger partial charge in [-0.1, -0.05) is 23.7 Å². The molecule has 1 atom stereocenters. The predicted octanol–water partition coefficient (Wildman–Crippen LogP) is 3.68. The third-order valence-electron chi connectivity index (χ3n) is 8.37. The molecule has 1 unspecified atom stereocenters. The first-order valence-corrected chi connectivity index (χ1v) is 15.5. The monoisotopic (exact) mass is 670 g/mol. The maximum atomic E-state index is 14.1. The number of carboxylic acid groups (broad SMARTS) is 1. The summed E-state index contributed by atoms with van der Waals surface area (Å²) in [5, 5.41) is 23.9. The molecule has 1 saturated heterocycles. The van der Waals surface area contributed by atoms with Crippen molar-refractivity contribution in [2.45, 2.75) is 12.5 Å². The zero-order valence-corrected chi connectivity index (χ0v) is 26.6. The minimum Gasteiger partial charge on any atom is -0.478 e. The van der Waals surface area contributed by atoms with Crippen LogP contribution in [-0.2, 0) is 20.7 Å². The average Bonchev–Trinajstić information content (AvgIpc) is 3.64. The van der Waals surface area contributed by atoms with Crippen LogP contribution in [0.4, 0.5) is 16.2 Å². The van der Waals surface area contributed by atoms with Gasteiger partial charge in [-0.25, -0.2) is 9.59 Å². The van der Waals surface area contributed by atoms with Crippen LogP contribution < -0.4 is 10.2 Å². The number of nitrogens with zero attached hydrogens (tertiary/aromatic N) is 7. The number of fused-ring (bicyclic) bond motifs is 1. The lowest BCUT2D eigenvalue weighted by atomic mass is 9.89. The summed E-state index contributed by atoms with van der Waals surface area (Å²) in [7, 11) is 1.36. The SMILES string of the molecule is COC(=O)N1CCN(c2cccc3c2CCN(C(=O)/C=C/c2cc(Cl)ccc2-n2cnnn2)C3C(=O)Nc2ccc(C(=O)O)cc2)CC1. The van der Waals surface area contributed by atoms with Gasteiger partial charge in [0.2, 0.25) is 5.91 Å². The van der Waals surface area contributed by atoms with E-state index in [9.17, 15) is 24.3 Å². The first-order chi connectivity index (χ1) is 23.2. The highest BCUT2D eigenvalue weighted by atomic mass is 35.5. The van der Waals surface area contributed by atoms with Crippen LogP contribution in [0.15, 0.2) is 73.1 Å². The summed E-state index contributed by atoms with van der Waals surface area (Å²) in [6.45, 7) is 2.37. The Morgan fingerprint density at radius 3 is 2.44 bits per heavy atom. The number of methoxy groups -OCH3 is 1. The quantitative estimate of drug-likeness (QED) is 0.277. The van der Waals surface area contributed by atoms with E-state index in [0.717, 1.165) is 11.3 Å². The minimum absolute atomic E-state index is 0.0805. The Hall–Kier alpha value is -5.76. The number of ether oxygens (including phenoxy) is 1. The van der Waals surface area contributed by atoms with Crippen molar-refractivity contribution in [1.29, 1.82) is 0 Å². The number of tetrazole rings is 1. The summed E-state index contributed by atoms with van der Waals surface area (Å²) in [5.41, 5.74) is 4.22. The molecule has 0 aliphatic carbocycles. The highest BCUT2D eigenvalue weighted by Gasteiger charge is 2.37. The number of hydrogen-bond acceptors (Lipinski definition) is 9. The van der Waals surface area contributed by atoms with E-state index in [0.29, 0.717) is 60.1 Å². The van der Waals surface area contributed by atoms with Gasteiger partial charge in [0, 0.05) is 60.8 Å². The maximum Gasteiger partial charge on any atom is 0.409 e. The number of carbonyl (C=O) groups excluding carboxylic acids is 3. The summed E-state index contributed by atoms with van der Waals surface area (Å²) in [6, 6.07) is 15.6. The Morgan fingerprint density at radius 2 is 1.75 bits per heavy atom. The highest BCUT2D eigenvalue weighted by molar-refractivity contribution is 6.30. The van der Waals surface area contributed by atoms with Crippen LogP contribution in [-0.4, -0.2) is 98.8 Å². The fraction of sp³-hybridized carbons (Fsp3) is 0.242. The molecule has 1 fully saturated rings. The molecule has 2 N–H and O–H groups in total. The molecule has 15 heteroatoms. The van der Waals surface area contributed by atoms with Crippen molar-refractivity contribution >= 4 is 52.9 Å². The van der Waals surface area contributed by atoms with Crippen molar-refractivity contribution < 1.29 is 29.0 Å². The molecule has 6 rings (SSSR count). The number of hydrogen-bond donors (Lipinski definition) is 2. The Morgan fingerprint density at radius 1 is 0.979 bits per heavy atom. The molecule has 48 heavy (non-hydrogen) atoms. The van der Waals surface area contributed by atoms with E-state index in [-0.39, 0.29) is 18.2 Å². The molecule has 1 aromatic heterocycles.